The second-order valence-electron chi connectivity index (χ2n) is 9.59. The van der Waals surface area contributed by atoms with E-state index in [0.29, 0.717) is 34.4 Å². The van der Waals surface area contributed by atoms with E-state index in [0.717, 1.165) is 11.8 Å². The van der Waals surface area contributed by atoms with Crippen molar-refractivity contribution in [3.63, 3.8) is 0 Å². The number of nitrogens with two attached hydrogens (primary N) is 1. The van der Waals surface area contributed by atoms with Crippen LogP contribution < -0.4 is 15.7 Å². The van der Waals surface area contributed by atoms with Gasteiger partial charge in [0.1, 0.15) is 0 Å². The lowest BCUT2D eigenvalue weighted by atomic mass is 9.54. The van der Waals surface area contributed by atoms with Crippen molar-refractivity contribution in [1.29, 1.82) is 0 Å². The molecule has 4 bridgehead atoms. The Kier molecular flexibility index (Phi) is 4.83. The summed E-state index contributed by atoms with van der Waals surface area (Å²) in [6, 6.07) is 7.30. The Balaban J connectivity index is 1.32. The standard InChI is InChI=1S/C23H25ClN7O2/c1-11(32)31-21(14-2-4-17(24)5-3-14)33-20(30-31)19-27-22(25)29-23(28-19)26-18-15-7-12-6-13(9-15)10-16(18)8-12/h2-5,12-13,15-16,18H,6-10H2,1H3,(H3,25,26,27,28,29)/q+1. The second-order valence-corrected chi connectivity index (χ2v) is 10.0. The monoisotopic (exact) mass is 466 g/mol. The van der Waals surface area contributed by atoms with E-state index >= 15 is 0 Å². The number of hydrogen-bond donors (Lipinski definition) is 2. The highest BCUT2D eigenvalue weighted by molar-refractivity contribution is 6.30. The number of nitrogens with one attached hydrogen (secondary N) is 1. The molecule has 0 amide bonds. The molecule has 0 saturated heterocycles. The third-order valence-corrected chi connectivity index (χ3v) is 7.58. The Hall–Kier alpha value is -3.07. The molecule has 2 heterocycles. The third-order valence-electron chi connectivity index (χ3n) is 7.33. The summed E-state index contributed by atoms with van der Waals surface area (Å²) in [7, 11) is 0. The van der Waals surface area contributed by atoms with E-state index in [-0.39, 0.29) is 29.5 Å². The Morgan fingerprint density at radius 3 is 2.36 bits per heavy atom. The van der Waals surface area contributed by atoms with Crippen molar-refractivity contribution in [3.05, 3.63) is 29.3 Å². The molecule has 2 aromatic heterocycles. The van der Waals surface area contributed by atoms with Crippen molar-refractivity contribution in [2.24, 2.45) is 23.7 Å². The fourth-order valence-corrected chi connectivity index (χ4v) is 6.36. The number of halogens is 1. The number of anilines is 2. The molecule has 0 radical (unpaired) electrons. The Morgan fingerprint density at radius 2 is 1.73 bits per heavy atom. The first-order chi connectivity index (χ1) is 15.9. The van der Waals surface area contributed by atoms with Crippen molar-refractivity contribution in [1.82, 2.24) is 20.1 Å². The molecule has 3 N–H and O–H groups in total. The smallest absolute Gasteiger partial charge is 0.374 e. The molecule has 3 aromatic rings. The van der Waals surface area contributed by atoms with Gasteiger partial charge >= 0.3 is 17.7 Å². The van der Waals surface area contributed by atoms with E-state index in [9.17, 15) is 4.79 Å². The van der Waals surface area contributed by atoms with Crippen LogP contribution in [0.3, 0.4) is 0 Å². The molecule has 1 aromatic carbocycles. The van der Waals surface area contributed by atoms with E-state index in [4.69, 9.17) is 21.8 Å². The van der Waals surface area contributed by atoms with Crippen LogP contribution in [0.15, 0.2) is 28.7 Å². The maximum Gasteiger partial charge on any atom is 0.417 e. The molecule has 0 aliphatic heterocycles. The molecule has 4 saturated carbocycles. The van der Waals surface area contributed by atoms with Crippen LogP contribution in [-0.4, -0.2) is 32.0 Å². The zero-order valence-corrected chi connectivity index (χ0v) is 19.0. The molecule has 10 heteroatoms. The summed E-state index contributed by atoms with van der Waals surface area (Å²) in [6.45, 7) is 1.41. The van der Waals surface area contributed by atoms with Gasteiger partial charge in [0, 0.05) is 15.7 Å². The molecule has 170 valence electrons. The molecule has 7 rings (SSSR count). The van der Waals surface area contributed by atoms with E-state index in [1.54, 1.807) is 24.3 Å². The number of rotatable bonds is 4. The summed E-state index contributed by atoms with van der Waals surface area (Å²) in [6.07, 6.45) is 6.52. The summed E-state index contributed by atoms with van der Waals surface area (Å²) in [5.74, 6) is 3.81. The zero-order chi connectivity index (χ0) is 22.7. The largest absolute Gasteiger partial charge is 0.417 e. The van der Waals surface area contributed by atoms with Gasteiger partial charge in [-0.25, -0.2) is 4.79 Å². The Labute approximate surface area is 195 Å². The maximum atomic E-state index is 12.2. The van der Waals surface area contributed by atoms with Gasteiger partial charge in [0.2, 0.25) is 17.7 Å². The van der Waals surface area contributed by atoms with Crippen molar-refractivity contribution in [2.45, 2.75) is 45.1 Å². The van der Waals surface area contributed by atoms with Crippen LogP contribution in [0.2, 0.25) is 5.02 Å². The number of nitrogen functional groups attached to an aromatic ring is 1. The predicted octanol–water partition coefficient (Wildman–Crippen LogP) is 3.61. The molecule has 4 aliphatic rings. The maximum absolute atomic E-state index is 12.2. The van der Waals surface area contributed by atoms with Crippen LogP contribution in [0, 0.1) is 23.7 Å². The Bertz CT molecular complexity index is 1200. The zero-order valence-electron chi connectivity index (χ0n) is 18.2. The number of benzene rings is 1. The predicted molar refractivity (Wildman–Crippen MR) is 121 cm³/mol. The highest BCUT2D eigenvalue weighted by atomic mass is 35.5. The first-order valence-electron chi connectivity index (χ1n) is 11.4. The van der Waals surface area contributed by atoms with Crippen molar-refractivity contribution >= 4 is 29.4 Å². The van der Waals surface area contributed by atoms with Crippen LogP contribution in [0.1, 0.15) is 43.8 Å². The lowest BCUT2D eigenvalue weighted by Crippen LogP contribution is -2.51. The average molecular weight is 467 g/mol. The van der Waals surface area contributed by atoms with Gasteiger partial charge in [0.05, 0.1) is 17.6 Å². The number of carbonyl (C=O) groups is 1. The van der Waals surface area contributed by atoms with E-state index in [1.807, 2.05) is 0 Å². The van der Waals surface area contributed by atoms with E-state index < -0.39 is 0 Å². The van der Waals surface area contributed by atoms with Crippen LogP contribution in [0.4, 0.5) is 11.9 Å². The molecule has 0 atom stereocenters. The van der Waals surface area contributed by atoms with Crippen LogP contribution in [-0.2, 0) is 0 Å². The third kappa shape index (κ3) is 3.74. The second kappa shape index (κ2) is 7.76. The van der Waals surface area contributed by atoms with Crippen molar-refractivity contribution in [3.8, 4) is 23.2 Å². The van der Waals surface area contributed by atoms with Crippen molar-refractivity contribution in [2.75, 3.05) is 11.1 Å². The summed E-state index contributed by atoms with van der Waals surface area (Å²) < 4.78 is 7.12. The fraction of sp³-hybridized carbons (Fsp3) is 0.478. The minimum atomic E-state index is -0.302. The van der Waals surface area contributed by atoms with Crippen LogP contribution >= 0.6 is 11.6 Å². The minimum Gasteiger partial charge on any atom is -0.374 e. The van der Waals surface area contributed by atoms with Gasteiger partial charge in [-0.3, -0.25) is 0 Å². The molecule has 0 unspecified atom stereocenters. The number of aromatic nitrogens is 5. The lowest BCUT2D eigenvalue weighted by Gasteiger charge is -2.54. The van der Waals surface area contributed by atoms with Gasteiger partial charge in [-0.1, -0.05) is 11.6 Å². The number of nitrogens with zero attached hydrogens (tertiary/aromatic N) is 5. The molecular formula is C23H25ClN7O2+. The minimum absolute atomic E-state index is 0.0759. The number of hydrogen-bond acceptors (Lipinski definition) is 8. The quantitative estimate of drug-likeness (QED) is 0.559. The van der Waals surface area contributed by atoms with Crippen LogP contribution in [0.5, 0.6) is 0 Å². The number of carbonyl (C=O) groups excluding carboxylic acids is 1. The van der Waals surface area contributed by atoms with Crippen LogP contribution in [0.25, 0.3) is 23.2 Å². The lowest BCUT2D eigenvalue weighted by molar-refractivity contribution is -0.624. The summed E-state index contributed by atoms with van der Waals surface area (Å²) in [5, 5.41) is 8.45. The molecular weight excluding hydrogens is 442 g/mol. The van der Waals surface area contributed by atoms with Gasteiger partial charge in [-0.15, -0.1) is 0 Å². The molecule has 0 spiro atoms. The summed E-state index contributed by atoms with van der Waals surface area (Å²) in [4.78, 5) is 25.3. The average Bonchev–Trinajstić information content (AvgIpc) is 3.22. The van der Waals surface area contributed by atoms with Gasteiger partial charge in [-0.05, 0) is 80.0 Å². The summed E-state index contributed by atoms with van der Waals surface area (Å²) >= 11 is 6.00. The fourth-order valence-electron chi connectivity index (χ4n) is 6.23. The van der Waals surface area contributed by atoms with E-state index in [1.165, 1.54) is 43.7 Å². The molecule has 4 fully saturated rings. The molecule has 33 heavy (non-hydrogen) atoms. The molecule has 4 aliphatic carbocycles. The first-order valence-corrected chi connectivity index (χ1v) is 11.8. The SMILES string of the molecule is CC(=O)[n+]1nc(-c2nc(N)nc(NC3C4CC5CC(C4)CC3C5)n2)oc1-c1ccc(Cl)cc1. The highest BCUT2D eigenvalue weighted by Gasteiger charge is 2.48. The summed E-state index contributed by atoms with van der Waals surface area (Å²) in [5.41, 5.74) is 6.67. The van der Waals surface area contributed by atoms with Gasteiger partial charge < -0.3 is 15.5 Å². The first kappa shape index (κ1) is 20.5. The van der Waals surface area contributed by atoms with E-state index in [2.05, 4.69) is 25.4 Å². The normalized spacial score (nSPS) is 27.6. The Morgan fingerprint density at radius 1 is 1.06 bits per heavy atom. The van der Waals surface area contributed by atoms with Gasteiger partial charge in [-0.2, -0.15) is 15.0 Å². The van der Waals surface area contributed by atoms with Crippen molar-refractivity contribution < 1.29 is 13.9 Å². The topological polar surface area (TPSA) is 124 Å². The van der Waals surface area contributed by atoms with Gasteiger partial charge in [0.15, 0.2) is 0 Å². The van der Waals surface area contributed by atoms with Gasteiger partial charge in [0.25, 0.3) is 0 Å². The molecule has 9 nitrogen and oxygen atoms in total. The highest BCUT2D eigenvalue weighted by Crippen LogP contribution is 2.54.